The van der Waals surface area contributed by atoms with E-state index < -0.39 is 0 Å². The number of hydrogen-bond donors (Lipinski definition) is 1. The Morgan fingerprint density at radius 3 is 2.89 bits per heavy atom. The van der Waals surface area contributed by atoms with Crippen LogP contribution in [0.1, 0.15) is 30.0 Å². The molecule has 0 saturated carbocycles. The van der Waals surface area contributed by atoms with Crippen molar-refractivity contribution < 1.29 is 9.59 Å². The highest BCUT2D eigenvalue weighted by atomic mass is 16.2. The van der Waals surface area contributed by atoms with Gasteiger partial charge in [0.25, 0.3) is 0 Å². The fraction of sp³-hybridized carbons (Fsp3) is 0.357. The van der Waals surface area contributed by atoms with Crippen LogP contribution in [-0.2, 0) is 16.6 Å². The zero-order valence-corrected chi connectivity index (χ0v) is 10.9. The SMILES string of the molecule is Cc1cccc2c([C@@H]3CCC(=O)NC3=O)nn(C)c12. The second-order valence-electron chi connectivity index (χ2n) is 4.98. The fourth-order valence-electron chi connectivity index (χ4n) is 2.77. The predicted octanol–water partition coefficient (Wildman–Crippen LogP) is 1.40. The van der Waals surface area contributed by atoms with Crippen LogP contribution in [0, 0.1) is 6.92 Å². The molecular formula is C14H15N3O2. The summed E-state index contributed by atoms with van der Waals surface area (Å²) in [7, 11) is 1.88. The van der Waals surface area contributed by atoms with Gasteiger partial charge in [-0.25, -0.2) is 0 Å². The maximum absolute atomic E-state index is 12.0. The minimum atomic E-state index is -0.330. The van der Waals surface area contributed by atoms with E-state index in [1.807, 2.05) is 36.9 Å². The van der Waals surface area contributed by atoms with Gasteiger partial charge >= 0.3 is 0 Å². The Bertz CT molecular complexity index is 687. The van der Waals surface area contributed by atoms with E-state index in [1.54, 1.807) is 0 Å². The van der Waals surface area contributed by atoms with Gasteiger partial charge in [0, 0.05) is 18.9 Å². The normalized spacial score (nSPS) is 19.8. The van der Waals surface area contributed by atoms with Crippen LogP contribution in [0.3, 0.4) is 0 Å². The molecule has 1 saturated heterocycles. The Hall–Kier alpha value is -2.17. The summed E-state index contributed by atoms with van der Waals surface area (Å²) >= 11 is 0. The minimum absolute atomic E-state index is 0.197. The van der Waals surface area contributed by atoms with Crippen molar-refractivity contribution in [3.05, 3.63) is 29.5 Å². The van der Waals surface area contributed by atoms with Crippen molar-refractivity contribution in [1.82, 2.24) is 15.1 Å². The van der Waals surface area contributed by atoms with E-state index >= 15 is 0 Å². The van der Waals surface area contributed by atoms with Crippen molar-refractivity contribution in [2.75, 3.05) is 0 Å². The molecule has 1 aliphatic rings. The standard InChI is InChI=1S/C14H15N3O2/c1-8-4-3-5-9-12(16-17(2)13(8)9)10-6-7-11(18)15-14(10)19/h3-5,10H,6-7H2,1-2H3,(H,15,18,19)/t10-/m0/s1. The van der Waals surface area contributed by atoms with E-state index in [-0.39, 0.29) is 17.7 Å². The van der Waals surface area contributed by atoms with Gasteiger partial charge in [0.2, 0.25) is 11.8 Å². The highest BCUT2D eigenvalue weighted by Gasteiger charge is 2.31. The van der Waals surface area contributed by atoms with Gasteiger partial charge in [0.1, 0.15) is 0 Å². The molecule has 1 atom stereocenters. The third-order valence-electron chi connectivity index (χ3n) is 3.66. The first-order chi connectivity index (χ1) is 9.08. The molecule has 98 valence electrons. The molecule has 5 heteroatoms. The molecule has 1 aromatic carbocycles. The molecule has 0 radical (unpaired) electrons. The number of fused-ring (bicyclic) bond motifs is 1. The lowest BCUT2D eigenvalue weighted by Gasteiger charge is -2.19. The van der Waals surface area contributed by atoms with Crippen molar-refractivity contribution in [1.29, 1.82) is 0 Å². The molecule has 19 heavy (non-hydrogen) atoms. The van der Waals surface area contributed by atoms with E-state index in [0.29, 0.717) is 12.8 Å². The van der Waals surface area contributed by atoms with E-state index in [4.69, 9.17) is 0 Å². The number of carbonyl (C=O) groups is 2. The Kier molecular flexibility index (Phi) is 2.62. The molecule has 1 N–H and O–H groups in total. The first-order valence-corrected chi connectivity index (χ1v) is 6.34. The van der Waals surface area contributed by atoms with Gasteiger partial charge in [-0.2, -0.15) is 5.10 Å². The number of aryl methyl sites for hydroxylation is 2. The molecule has 0 bridgehead atoms. The van der Waals surface area contributed by atoms with Gasteiger partial charge < -0.3 is 0 Å². The molecule has 3 rings (SSSR count). The molecule has 0 spiro atoms. The van der Waals surface area contributed by atoms with Crippen LogP contribution in [0.25, 0.3) is 10.9 Å². The Morgan fingerprint density at radius 2 is 2.16 bits per heavy atom. The summed E-state index contributed by atoms with van der Waals surface area (Å²) in [6.45, 7) is 2.03. The van der Waals surface area contributed by atoms with Crippen molar-refractivity contribution in [3.8, 4) is 0 Å². The molecule has 1 aliphatic heterocycles. The van der Waals surface area contributed by atoms with E-state index in [1.165, 1.54) is 0 Å². The number of nitrogens with zero attached hydrogens (tertiary/aromatic N) is 2. The van der Waals surface area contributed by atoms with Gasteiger partial charge in [0.05, 0.1) is 17.1 Å². The summed E-state index contributed by atoms with van der Waals surface area (Å²) in [6.07, 6.45) is 0.908. The molecule has 2 amide bonds. The average Bonchev–Trinajstić information content (AvgIpc) is 2.68. The summed E-state index contributed by atoms with van der Waals surface area (Å²) in [5.41, 5.74) is 2.94. The first-order valence-electron chi connectivity index (χ1n) is 6.34. The third kappa shape index (κ3) is 1.82. The number of benzene rings is 1. The lowest BCUT2D eigenvalue weighted by atomic mass is 9.92. The zero-order valence-electron chi connectivity index (χ0n) is 10.9. The zero-order chi connectivity index (χ0) is 13.6. The molecule has 1 aromatic heterocycles. The second-order valence-corrected chi connectivity index (χ2v) is 4.98. The smallest absolute Gasteiger partial charge is 0.235 e. The van der Waals surface area contributed by atoms with Crippen LogP contribution in [-0.4, -0.2) is 21.6 Å². The Balaban J connectivity index is 2.13. The highest BCUT2D eigenvalue weighted by molar-refractivity contribution is 6.02. The summed E-state index contributed by atoms with van der Waals surface area (Å²) in [5.74, 6) is -0.765. The van der Waals surface area contributed by atoms with Gasteiger partial charge in [-0.3, -0.25) is 19.6 Å². The largest absolute Gasteiger partial charge is 0.296 e. The second kappa shape index (κ2) is 4.19. The molecule has 0 aliphatic carbocycles. The maximum atomic E-state index is 12.0. The van der Waals surface area contributed by atoms with Gasteiger partial charge in [-0.1, -0.05) is 18.2 Å². The topological polar surface area (TPSA) is 64.0 Å². The molecule has 2 aromatic rings. The van der Waals surface area contributed by atoms with E-state index in [0.717, 1.165) is 22.2 Å². The van der Waals surface area contributed by atoms with Crippen molar-refractivity contribution in [2.24, 2.45) is 7.05 Å². The number of amides is 2. The number of rotatable bonds is 1. The van der Waals surface area contributed by atoms with Crippen LogP contribution in [0.4, 0.5) is 0 Å². The minimum Gasteiger partial charge on any atom is -0.296 e. The van der Waals surface area contributed by atoms with E-state index in [2.05, 4.69) is 10.4 Å². The average molecular weight is 257 g/mol. The maximum Gasteiger partial charge on any atom is 0.235 e. The monoisotopic (exact) mass is 257 g/mol. The molecule has 5 nitrogen and oxygen atoms in total. The quantitative estimate of drug-likeness (QED) is 0.785. The number of nitrogens with one attached hydrogen (secondary N) is 1. The third-order valence-corrected chi connectivity index (χ3v) is 3.66. The Labute approximate surface area is 110 Å². The summed E-state index contributed by atoms with van der Waals surface area (Å²) in [5, 5.41) is 7.88. The van der Waals surface area contributed by atoms with Crippen LogP contribution >= 0.6 is 0 Å². The molecular weight excluding hydrogens is 242 g/mol. The van der Waals surface area contributed by atoms with Crippen molar-refractivity contribution in [3.63, 3.8) is 0 Å². The molecule has 0 unspecified atom stereocenters. The first kappa shape index (κ1) is 11.9. The molecule has 1 fully saturated rings. The van der Waals surface area contributed by atoms with E-state index in [9.17, 15) is 9.59 Å². The van der Waals surface area contributed by atoms with Crippen LogP contribution in [0.5, 0.6) is 0 Å². The number of carbonyl (C=O) groups excluding carboxylic acids is 2. The van der Waals surface area contributed by atoms with Gasteiger partial charge in [-0.15, -0.1) is 0 Å². The summed E-state index contributed by atoms with van der Waals surface area (Å²) in [6, 6.07) is 5.97. The highest BCUT2D eigenvalue weighted by Crippen LogP contribution is 2.31. The number of aromatic nitrogens is 2. The number of imide groups is 1. The van der Waals surface area contributed by atoms with Crippen LogP contribution in [0.15, 0.2) is 18.2 Å². The van der Waals surface area contributed by atoms with Crippen LogP contribution in [0.2, 0.25) is 0 Å². The predicted molar refractivity (Wildman–Crippen MR) is 70.6 cm³/mol. The van der Waals surface area contributed by atoms with Crippen molar-refractivity contribution >= 4 is 22.7 Å². The number of para-hydroxylation sites is 1. The lowest BCUT2D eigenvalue weighted by molar-refractivity contribution is -0.134. The summed E-state index contributed by atoms with van der Waals surface area (Å²) < 4.78 is 1.81. The lowest BCUT2D eigenvalue weighted by Crippen LogP contribution is -2.39. The van der Waals surface area contributed by atoms with Gasteiger partial charge in [-0.05, 0) is 18.9 Å². The number of piperidine rings is 1. The summed E-state index contributed by atoms with van der Waals surface area (Å²) in [4.78, 5) is 23.2. The fourth-order valence-corrected chi connectivity index (χ4v) is 2.77. The van der Waals surface area contributed by atoms with Crippen LogP contribution < -0.4 is 5.32 Å². The molecule has 2 heterocycles. The van der Waals surface area contributed by atoms with Gasteiger partial charge in [0.15, 0.2) is 0 Å². The number of hydrogen-bond acceptors (Lipinski definition) is 3. The Morgan fingerprint density at radius 1 is 1.37 bits per heavy atom. The van der Waals surface area contributed by atoms with Crippen molar-refractivity contribution in [2.45, 2.75) is 25.7 Å².